The molecule has 2 aromatic rings. The molecule has 3 heterocycles. The quantitative estimate of drug-likeness (QED) is 0.173. The molecule has 13 heteroatoms. The third kappa shape index (κ3) is 5.20. The van der Waals surface area contributed by atoms with Crippen molar-refractivity contribution in [1.29, 1.82) is 0 Å². The SMILES string of the molecule is CSSCOC1[C@H](n2cc(C#CCN)c3c(N)ncnc32)CO[C@@H]1CO[P+](=O)O. The lowest BCUT2D eigenvalue weighted by atomic mass is 10.1. The third-order valence-corrected chi connectivity index (χ3v) is 6.16. The fourth-order valence-corrected chi connectivity index (χ4v) is 4.19. The van der Waals surface area contributed by atoms with Crippen LogP contribution < -0.4 is 11.5 Å². The van der Waals surface area contributed by atoms with Gasteiger partial charge in [0.2, 0.25) is 0 Å². The van der Waals surface area contributed by atoms with E-state index in [-0.39, 0.29) is 19.2 Å². The number of nitrogen functional groups attached to an aromatic ring is 1. The van der Waals surface area contributed by atoms with E-state index >= 15 is 0 Å². The number of anilines is 1. The summed E-state index contributed by atoms with van der Waals surface area (Å²) in [7, 11) is 0.394. The molecular weight excluding hydrogens is 437 g/mol. The van der Waals surface area contributed by atoms with Gasteiger partial charge in [-0.15, -0.1) is 9.42 Å². The molecular formula is C16H21N5O5PS2+. The molecule has 1 aliphatic heterocycles. The maximum absolute atomic E-state index is 11.0. The molecule has 29 heavy (non-hydrogen) atoms. The fraction of sp³-hybridized carbons (Fsp3) is 0.500. The van der Waals surface area contributed by atoms with E-state index in [4.69, 9.17) is 30.4 Å². The molecule has 1 aliphatic rings. The molecule has 2 aromatic heterocycles. The van der Waals surface area contributed by atoms with Crippen LogP contribution in [0.1, 0.15) is 11.6 Å². The van der Waals surface area contributed by atoms with Crippen LogP contribution in [-0.2, 0) is 18.6 Å². The normalized spacial score (nSPS) is 21.9. The first-order chi connectivity index (χ1) is 14.1. The Morgan fingerprint density at radius 3 is 3.07 bits per heavy atom. The third-order valence-electron chi connectivity index (χ3n) is 4.32. The molecule has 0 saturated carbocycles. The molecule has 10 nitrogen and oxygen atoms in total. The van der Waals surface area contributed by atoms with Crippen LogP contribution in [0.15, 0.2) is 12.5 Å². The van der Waals surface area contributed by atoms with Crippen molar-refractivity contribution in [2.75, 3.05) is 37.7 Å². The number of rotatable bonds is 8. The summed E-state index contributed by atoms with van der Waals surface area (Å²) in [5.74, 6) is 6.58. The van der Waals surface area contributed by atoms with Gasteiger partial charge in [0, 0.05) is 10.8 Å². The van der Waals surface area contributed by atoms with Crippen molar-refractivity contribution in [1.82, 2.24) is 14.5 Å². The number of aromatic nitrogens is 3. The Balaban J connectivity index is 1.97. The van der Waals surface area contributed by atoms with E-state index in [1.807, 2.05) is 17.0 Å². The highest BCUT2D eigenvalue weighted by molar-refractivity contribution is 8.76. The van der Waals surface area contributed by atoms with Crippen molar-refractivity contribution in [2.24, 2.45) is 5.73 Å². The van der Waals surface area contributed by atoms with Gasteiger partial charge in [0.05, 0.1) is 30.1 Å². The highest BCUT2D eigenvalue weighted by Crippen LogP contribution is 2.35. The Hall–Kier alpha value is -1.42. The fourth-order valence-electron chi connectivity index (χ4n) is 3.15. The van der Waals surface area contributed by atoms with Gasteiger partial charge in [-0.05, 0) is 6.26 Å². The Bertz CT molecular complexity index is 934. The highest BCUT2D eigenvalue weighted by atomic mass is 33.1. The summed E-state index contributed by atoms with van der Waals surface area (Å²) in [6, 6.07) is -0.257. The van der Waals surface area contributed by atoms with Gasteiger partial charge in [0.15, 0.2) is 0 Å². The largest absolute Gasteiger partial charge is 0.694 e. The van der Waals surface area contributed by atoms with E-state index in [9.17, 15) is 4.57 Å². The van der Waals surface area contributed by atoms with E-state index in [1.54, 1.807) is 21.6 Å². The van der Waals surface area contributed by atoms with E-state index < -0.39 is 20.5 Å². The van der Waals surface area contributed by atoms with Crippen molar-refractivity contribution in [3.05, 3.63) is 18.1 Å². The van der Waals surface area contributed by atoms with Crippen LogP contribution in [0.4, 0.5) is 5.82 Å². The summed E-state index contributed by atoms with van der Waals surface area (Å²) < 4.78 is 29.6. The zero-order valence-corrected chi connectivity index (χ0v) is 18.1. The van der Waals surface area contributed by atoms with E-state index in [0.29, 0.717) is 35.0 Å². The second-order valence-electron chi connectivity index (χ2n) is 5.92. The summed E-state index contributed by atoms with van der Waals surface area (Å²) in [4.78, 5) is 17.4. The Labute approximate surface area is 176 Å². The molecule has 156 valence electrons. The Morgan fingerprint density at radius 2 is 2.34 bits per heavy atom. The maximum Gasteiger partial charge on any atom is 0.694 e. The predicted octanol–water partition coefficient (Wildman–Crippen LogP) is 1.28. The molecule has 5 N–H and O–H groups in total. The van der Waals surface area contributed by atoms with E-state index in [2.05, 4.69) is 21.8 Å². The van der Waals surface area contributed by atoms with Gasteiger partial charge in [-0.2, -0.15) is 0 Å². The van der Waals surface area contributed by atoms with Gasteiger partial charge in [-0.25, -0.2) is 9.97 Å². The molecule has 0 aromatic carbocycles. The van der Waals surface area contributed by atoms with Crippen molar-refractivity contribution in [3.8, 4) is 11.8 Å². The number of nitrogens with zero attached hydrogens (tertiary/aromatic N) is 3. The minimum atomic E-state index is -2.72. The van der Waals surface area contributed by atoms with Crippen LogP contribution >= 0.6 is 29.8 Å². The first-order valence-electron chi connectivity index (χ1n) is 8.54. The lowest BCUT2D eigenvalue weighted by molar-refractivity contribution is -0.0181. The van der Waals surface area contributed by atoms with Crippen LogP contribution in [0, 0.1) is 11.8 Å². The second kappa shape index (κ2) is 10.6. The summed E-state index contributed by atoms with van der Waals surface area (Å²) in [6.07, 6.45) is 4.24. The minimum Gasteiger partial charge on any atom is -0.383 e. The van der Waals surface area contributed by atoms with Gasteiger partial charge >= 0.3 is 8.25 Å². The molecule has 2 unspecified atom stereocenters. The van der Waals surface area contributed by atoms with Crippen LogP contribution in [0.25, 0.3) is 11.0 Å². The zero-order chi connectivity index (χ0) is 20.8. The van der Waals surface area contributed by atoms with Gasteiger partial charge in [0.1, 0.15) is 42.5 Å². The van der Waals surface area contributed by atoms with Crippen molar-refractivity contribution in [3.63, 3.8) is 0 Å². The first-order valence-corrected chi connectivity index (χ1v) is 12.4. The maximum atomic E-state index is 11.0. The number of hydrogen-bond acceptors (Lipinski definition) is 10. The van der Waals surface area contributed by atoms with Gasteiger partial charge in [-0.1, -0.05) is 33.4 Å². The van der Waals surface area contributed by atoms with Crippen molar-refractivity contribution < 1.29 is 23.5 Å². The highest BCUT2D eigenvalue weighted by Gasteiger charge is 2.42. The number of nitrogens with two attached hydrogens (primary N) is 2. The van der Waals surface area contributed by atoms with Gasteiger partial charge < -0.3 is 25.5 Å². The van der Waals surface area contributed by atoms with Crippen molar-refractivity contribution in [2.45, 2.75) is 18.2 Å². The minimum absolute atomic E-state index is 0.0625. The standard InChI is InChI=1S/C16H20N5O5PS2/c1-28-29-9-25-14-11(6-24-12(14)7-26-27(22)23)21-5-10(3-2-4-17)13-15(18)19-8-20-16(13)21/h5,8,11-12,14H,4,6-7,9,17H2,1H3,(H2-,18,19,20,22,23)/p+1/t11-,12-,14?/m1/s1. The lowest BCUT2D eigenvalue weighted by Gasteiger charge is -2.23. The van der Waals surface area contributed by atoms with Crippen molar-refractivity contribution >= 4 is 46.7 Å². The molecule has 0 bridgehead atoms. The predicted molar refractivity (Wildman–Crippen MR) is 113 cm³/mol. The summed E-state index contributed by atoms with van der Waals surface area (Å²) >= 11 is 0. The van der Waals surface area contributed by atoms with Gasteiger partial charge in [0.25, 0.3) is 0 Å². The molecule has 1 fully saturated rings. The first kappa shape index (κ1) is 22.3. The molecule has 1 saturated heterocycles. The second-order valence-corrected chi connectivity index (χ2v) is 9.17. The zero-order valence-electron chi connectivity index (χ0n) is 15.6. The Kier molecular flexibility index (Phi) is 8.11. The smallest absolute Gasteiger partial charge is 0.383 e. The summed E-state index contributed by atoms with van der Waals surface area (Å²) in [6.45, 7) is 0.457. The lowest BCUT2D eigenvalue weighted by Crippen LogP contribution is -2.34. The molecule has 0 amide bonds. The average Bonchev–Trinajstić information content (AvgIpc) is 3.27. The number of fused-ring (bicyclic) bond motifs is 1. The number of ether oxygens (including phenoxy) is 2. The monoisotopic (exact) mass is 458 g/mol. The molecule has 3 rings (SSSR count). The van der Waals surface area contributed by atoms with Crippen LogP contribution in [0.5, 0.6) is 0 Å². The molecule has 0 spiro atoms. The average molecular weight is 458 g/mol. The Morgan fingerprint density at radius 1 is 1.52 bits per heavy atom. The molecule has 0 radical (unpaired) electrons. The summed E-state index contributed by atoms with van der Waals surface area (Å²) in [5.41, 5.74) is 12.8. The van der Waals surface area contributed by atoms with Gasteiger partial charge in [-0.3, -0.25) is 0 Å². The summed E-state index contributed by atoms with van der Waals surface area (Å²) in [5, 5.41) is 0.642. The molecule has 0 aliphatic carbocycles. The number of hydrogen-bond donors (Lipinski definition) is 3. The van der Waals surface area contributed by atoms with E-state index in [0.717, 1.165) is 0 Å². The van der Waals surface area contributed by atoms with Crippen LogP contribution in [-0.4, -0.2) is 63.6 Å². The van der Waals surface area contributed by atoms with Crippen LogP contribution in [0.3, 0.4) is 0 Å². The van der Waals surface area contributed by atoms with E-state index in [1.165, 1.54) is 6.33 Å². The molecule has 4 atom stereocenters. The topological polar surface area (TPSA) is 148 Å². The van der Waals surface area contributed by atoms with Crippen LogP contribution in [0.2, 0.25) is 0 Å².